The summed E-state index contributed by atoms with van der Waals surface area (Å²) in [7, 11) is 1.55. The van der Waals surface area contributed by atoms with Gasteiger partial charge in [0.2, 0.25) is 0 Å². The van der Waals surface area contributed by atoms with Crippen LogP contribution in [0.3, 0.4) is 0 Å². The first-order valence-corrected chi connectivity index (χ1v) is 13.2. The minimum Gasteiger partial charge on any atom is -0.493 e. The number of ether oxygens (including phenoxy) is 4. The fourth-order valence-corrected chi connectivity index (χ4v) is 4.42. The minimum atomic E-state index is -0.689. The van der Waals surface area contributed by atoms with Crippen molar-refractivity contribution in [2.24, 2.45) is 0 Å². The van der Waals surface area contributed by atoms with Gasteiger partial charge in [-0.2, -0.15) is 0 Å². The largest absolute Gasteiger partial charge is 0.493 e. The van der Waals surface area contributed by atoms with E-state index in [9.17, 15) is 13.6 Å². The number of rotatable bonds is 10. The molecule has 1 aromatic heterocycles. The normalized spacial score (nSPS) is 13.5. The number of hydrogen-bond acceptors (Lipinski definition) is 7. The van der Waals surface area contributed by atoms with Crippen molar-refractivity contribution in [3.63, 3.8) is 0 Å². The Balaban J connectivity index is 1.24. The van der Waals surface area contributed by atoms with Gasteiger partial charge in [0.1, 0.15) is 11.6 Å². The summed E-state index contributed by atoms with van der Waals surface area (Å²) in [6, 6.07) is 14.0. The average Bonchev–Trinajstić information content (AvgIpc) is 2.97. The lowest BCUT2D eigenvalue weighted by atomic mass is 10.1. The van der Waals surface area contributed by atoms with Crippen molar-refractivity contribution in [2.45, 2.75) is 6.42 Å². The van der Waals surface area contributed by atoms with Crippen LogP contribution in [0, 0.1) is 11.6 Å². The van der Waals surface area contributed by atoms with E-state index in [2.05, 4.69) is 20.5 Å². The highest BCUT2D eigenvalue weighted by Gasteiger charge is 2.15. The molecule has 9 nitrogen and oxygen atoms in total. The van der Waals surface area contributed by atoms with Gasteiger partial charge < -0.3 is 29.6 Å². The maximum atomic E-state index is 15.0. The Morgan fingerprint density at radius 2 is 1.76 bits per heavy atom. The number of carbonyl (C=O) groups is 1. The van der Waals surface area contributed by atoms with Crippen LogP contribution in [-0.2, 0) is 4.74 Å². The summed E-state index contributed by atoms with van der Waals surface area (Å²) >= 11 is 0. The fraction of sp³-hybridized carbons (Fsp3) is 0.267. The van der Waals surface area contributed by atoms with Gasteiger partial charge in [-0.3, -0.25) is 9.88 Å². The Labute approximate surface area is 236 Å². The summed E-state index contributed by atoms with van der Waals surface area (Å²) in [5.74, 6) is 0.216. The van der Waals surface area contributed by atoms with Crippen molar-refractivity contribution in [1.29, 1.82) is 0 Å². The monoisotopic (exact) mass is 564 g/mol. The van der Waals surface area contributed by atoms with Gasteiger partial charge >= 0.3 is 6.03 Å². The molecule has 2 heterocycles. The number of benzene rings is 3. The number of aromatic nitrogens is 1. The summed E-state index contributed by atoms with van der Waals surface area (Å²) in [6.45, 7) is 4.81. The maximum absolute atomic E-state index is 15.0. The molecule has 214 valence electrons. The van der Waals surface area contributed by atoms with Gasteiger partial charge in [0, 0.05) is 54.7 Å². The first kappa shape index (κ1) is 28.1. The Bertz CT molecular complexity index is 1510. The van der Waals surface area contributed by atoms with Gasteiger partial charge in [-0.05, 0) is 48.9 Å². The molecule has 5 rings (SSSR count). The standard InChI is InChI=1S/C30H30F2N4O5/c1-38-28-18-23-25(19-29(28)40-13-3-10-36-11-14-39-15-12-36)33-9-8-26(23)41-27-7-6-22(17-24(27)32)35-30(37)34-21-5-2-4-20(31)16-21/h2,4-9,16-19H,3,10-15H2,1H3,(H2,34,35,37). The number of carbonyl (C=O) groups excluding carboxylic acids is 1. The second-order valence-corrected chi connectivity index (χ2v) is 9.32. The molecule has 1 fully saturated rings. The van der Waals surface area contributed by atoms with Crippen LogP contribution in [0.15, 0.2) is 66.9 Å². The number of halogens is 2. The number of urea groups is 1. The third-order valence-corrected chi connectivity index (χ3v) is 6.46. The second kappa shape index (κ2) is 13.2. The number of hydrogen-bond donors (Lipinski definition) is 2. The summed E-state index contributed by atoms with van der Waals surface area (Å²) in [5, 5.41) is 5.62. The fourth-order valence-electron chi connectivity index (χ4n) is 4.42. The SMILES string of the molecule is COc1cc2c(Oc3ccc(NC(=O)Nc4cccc(F)c4)cc3F)ccnc2cc1OCCCN1CCOCC1. The van der Waals surface area contributed by atoms with Gasteiger partial charge in [0.25, 0.3) is 0 Å². The molecule has 1 aliphatic rings. The zero-order valence-corrected chi connectivity index (χ0v) is 22.5. The molecule has 0 atom stereocenters. The van der Waals surface area contributed by atoms with Crippen LogP contribution in [0.25, 0.3) is 10.9 Å². The van der Waals surface area contributed by atoms with E-state index in [4.69, 9.17) is 18.9 Å². The summed E-state index contributed by atoms with van der Waals surface area (Å²) in [5.41, 5.74) is 1.06. The van der Waals surface area contributed by atoms with Crippen LogP contribution < -0.4 is 24.8 Å². The van der Waals surface area contributed by atoms with E-state index in [1.54, 1.807) is 31.5 Å². The highest BCUT2D eigenvalue weighted by atomic mass is 19.1. The molecule has 11 heteroatoms. The molecule has 0 bridgehead atoms. The van der Waals surface area contributed by atoms with E-state index in [1.807, 2.05) is 0 Å². The van der Waals surface area contributed by atoms with Crippen molar-refractivity contribution >= 4 is 28.3 Å². The highest BCUT2D eigenvalue weighted by Crippen LogP contribution is 2.38. The molecule has 41 heavy (non-hydrogen) atoms. The number of methoxy groups -OCH3 is 1. The van der Waals surface area contributed by atoms with Crippen LogP contribution in [0.2, 0.25) is 0 Å². The van der Waals surface area contributed by atoms with Gasteiger partial charge in [-0.25, -0.2) is 13.6 Å². The molecule has 2 N–H and O–H groups in total. The molecule has 0 unspecified atom stereocenters. The van der Waals surface area contributed by atoms with Gasteiger partial charge in [-0.15, -0.1) is 0 Å². The van der Waals surface area contributed by atoms with Crippen molar-refractivity contribution in [3.05, 3.63) is 78.5 Å². The lowest BCUT2D eigenvalue weighted by molar-refractivity contribution is 0.0357. The molecule has 1 saturated heterocycles. The Morgan fingerprint density at radius 1 is 0.951 bits per heavy atom. The lowest BCUT2D eigenvalue weighted by Crippen LogP contribution is -2.37. The van der Waals surface area contributed by atoms with Crippen LogP contribution in [0.1, 0.15) is 6.42 Å². The van der Waals surface area contributed by atoms with Crippen molar-refractivity contribution < 1.29 is 32.5 Å². The molecule has 0 radical (unpaired) electrons. The zero-order chi connectivity index (χ0) is 28.6. The van der Waals surface area contributed by atoms with E-state index in [0.29, 0.717) is 34.8 Å². The number of nitrogens with one attached hydrogen (secondary N) is 2. The van der Waals surface area contributed by atoms with Gasteiger partial charge in [-0.1, -0.05) is 6.07 Å². The van der Waals surface area contributed by atoms with Crippen molar-refractivity contribution in [2.75, 3.05) is 57.2 Å². The Kier molecular flexibility index (Phi) is 9.07. The topological polar surface area (TPSA) is 94.2 Å². The van der Waals surface area contributed by atoms with Gasteiger partial charge in [0.15, 0.2) is 23.1 Å². The summed E-state index contributed by atoms with van der Waals surface area (Å²) < 4.78 is 51.2. The summed E-state index contributed by atoms with van der Waals surface area (Å²) in [6.07, 6.45) is 2.42. The quantitative estimate of drug-likeness (QED) is 0.226. The predicted octanol–water partition coefficient (Wildman–Crippen LogP) is 6.06. The molecule has 0 saturated carbocycles. The van der Waals surface area contributed by atoms with E-state index >= 15 is 0 Å². The number of nitrogens with zero attached hydrogens (tertiary/aromatic N) is 2. The van der Waals surface area contributed by atoms with Crippen LogP contribution in [0.5, 0.6) is 23.0 Å². The molecule has 0 spiro atoms. The van der Waals surface area contributed by atoms with E-state index < -0.39 is 17.7 Å². The Morgan fingerprint density at radius 3 is 2.51 bits per heavy atom. The molecule has 1 aliphatic heterocycles. The van der Waals surface area contributed by atoms with E-state index in [1.165, 1.54) is 36.4 Å². The molecular formula is C30H30F2N4O5. The highest BCUT2D eigenvalue weighted by molar-refractivity contribution is 5.99. The van der Waals surface area contributed by atoms with Crippen LogP contribution in [0.4, 0.5) is 25.0 Å². The van der Waals surface area contributed by atoms with Gasteiger partial charge in [0.05, 0.1) is 32.4 Å². The van der Waals surface area contributed by atoms with Crippen molar-refractivity contribution in [1.82, 2.24) is 9.88 Å². The molecule has 4 aromatic rings. The molecule has 3 aromatic carbocycles. The van der Waals surface area contributed by atoms with Crippen LogP contribution >= 0.6 is 0 Å². The smallest absolute Gasteiger partial charge is 0.323 e. The van der Waals surface area contributed by atoms with E-state index in [0.717, 1.165) is 45.3 Å². The molecule has 0 aliphatic carbocycles. The average molecular weight is 565 g/mol. The third-order valence-electron chi connectivity index (χ3n) is 6.46. The van der Waals surface area contributed by atoms with Crippen LogP contribution in [-0.4, -0.2) is 62.5 Å². The Hall–Kier alpha value is -4.48. The lowest BCUT2D eigenvalue weighted by Gasteiger charge is -2.26. The maximum Gasteiger partial charge on any atom is 0.323 e. The summed E-state index contributed by atoms with van der Waals surface area (Å²) in [4.78, 5) is 19.0. The molecule has 2 amide bonds. The first-order chi connectivity index (χ1) is 20.0. The predicted molar refractivity (Wildman–Crippen MR) is 151 cm³/mol. The number of morpholine rings is 1. The second-order valence-electron chi connectivity index (χ2n) is 9.32. The third kappa shape index (κ3) is 7.38. The first-order valence-electron chi connectivity index (χ1n) is 13.2. The molecular weight excluding hydrogens is 534 g/mol. The van der Waals surface area contributed by atoms with E-state index in [-0.39, 0.29) is 17.1 Å². The number of pyridine rings is 1. The number of amides is 2. The minimum absolute atomic E-state index is 0.0454. The zero-order valence-electron chi connectivity index (χ0n) is 22.5. The number of fused-ring (bicyclic) bond motifs is 1. The van der Waals surface area contributed by atoms with Crippen molar-refractivity contribution in [3.8, 4) is 23.0 Å². The number of anilines is 2.